The molecule has 372 valence electrons. The van der Waals surface area contributed by atoms with Gasteiger partial charge < -0.3 is 25.4 Å². The van der Waals surface area contributed by atoms with E-state index in [4.69, 9.17) is 21.3 Å². The predicted molar refractivity (Wildman–Crippen MR) is 278 cm³/mol. The molecule has 1 saturated heterocycles. The molecule has 3 N–H and O–H groups in total. The quantitative estimate of drug-likeness (QED) is 0.0949. The zero-order valence-corrected chi connectivity index (χ0v) is 43.4. The van der Waals surface area contributed by atoms with Crippen LogP contribution in [0, 0.1) is 33.6 Å². The summed E-state index contributed by atoms with van der Waals surface area (Å²) in [7, 11) is 0. The minimum atomic E-state index is -0.842. The van der Waals surface area contributed by atoms with Crippen LogP contribution in [-0.4, -0.2) is 98.8 Å². The molecular formula is C53H56ClN11O5S2. The number of β-amino-alcohol motifs (C(OH)–C–C–N with tert-alkyl or cyclic N) is 1. The van der Waals surface area contributed by atoms with Gasteiger partial charge in [-0.1, -0.05) is 61.8 Å². The number of amides is 3. The van der Waals surface area contributed by atoms with E-state index in [9.17, 15) is 19.5 Å². The van der Waals surface area contributed by atoms with Crippen molar-refractivity contribution in [2.75, 3.05) is 6.54 Å². The molecule has 3 aliphatic rings. The molecule has 1 aliphatic carbocycles. The van der Waals surface area contributed by atoms with Gasteiger partial charge >= 0.3 is 0 Å². The Morgan fingerprint density at radius 2 is 1.67 bits per heavy atom. The molecule has 5 atom stereocenters. The molecule has 19 heteroatoms. The molecule has 2 aromatic carbocycles. The monoisotopic (exact) mass is 1030 g/mol. The van der Waals surface area contributed by atoms with Crippen LogP contribution >= 0.6 is 34.3 Å². The number of ether oxygens (including phenoxy) is 1. The number of aliphatic imine (C=N–C) groups is 1. The fourth-order valence-electron chi connectivity index (χ4n) is 9.91. The molecule has 1 saturated carbocycles. The SMILES string of the molecule is Cc1ncsc1-c1ccc([C@H](C)NC(=O)[C@@H]2C[C@@H](O)CN2C(=O)C(C(C)C)n2cc(-c3ccnc(O[C@H]4C[C@@H](NC(=O)C[C@@H]5N=C(c6ccc(Cl)cc6)c6c(sc(C)c6C)-n6c(C)nnc65)C4)c3)cn2)cc1. The number of hydrogen-bond donors (Lipinski definition) is 3. The molecule has 0 radical (unpaired) electrons. The van der Waals surface area contributed by atoms with Crippen LogP contribution in [0.25, 0.3) is 26.6 Å². The largest absolute Gasteiger partial charge is 0.474 e. The summed E-state index contributed by atoms with van der Waals surface area (Å²) >= 11 is 9.54. The number of rotatable bonds is 14. The molecular weight excluding hydrogens is 970 g/mol. The lowest BCUT2D eigenvalue weighted by Crippen LogP contribution is -2.49. The van der Waals surface area contributed by atoms with E-state index in [1.54, 1.807) is 39.7 Å². The number of benzene rings is 2. The number of aliphatic hydroxyl groups is 1. The van der Waals surface area contributed by atoms with Crippen LogP contribution in [0.4, 0.5) is 0 Å². The second kappa shape index (κ2) is 20.1. The maximum atomic E-state index is 14.4. The predicted octanol–water partition coefficient (Wildman–Crippen LogP) is 8.64. The van der Waals surface area contributed by atoms with E-state index in [1.165, 1.54) is 9.78 Å². The van der Waals surface area contributed by atoms with Gasteiger partial charge in [-0.15, -0.1) is 32.9 Å². The van der Waals surface area contributed by atoms with Gasteiger partial charge in [-0.25, -0.2) is 9.97 Å². The van der Waals surface area contributed by atoms with Gasteiger partial charge in [-0.2, -0.15) is 5.10 Å². The summed E-state index contributed by atoms with van der Waals surface area (Å²) in [6.07, 6.45) is 5.63. The van der Waals surface area contributed by atoms with Gasteiger partial charge in [-0.05, 0) is 81.0 Å². The van der Waals surface area contributed by atoms with Crippen molar-refractivity contribution in [1.29, 1.82) is 0 Å². The third kappa shape index (κ3) is 9.72. The Bertz CT molecular complexity index is 3190. The lowest BCUT2D eigenvalue weighted by Gasteiger charge is -2.35. The number of pyridine rings is 1. The highest BCUT2D eigenvalue weighted by atomic mass is 35.5. The molecule has 7 aromatic rings. The Kier molecular flexibility index (Phi) is 13.7. The van der Waals surface area contributed by atoms with Crippen LogP contribution in [0.15, 0.2) is 89.8 Å². The van der Waals surface area contributed by atoms with Crippen LogP contribution in [0.2, 0.25) is 5.02 Å². The van der Waals surface area contributed by atoms with Crippen LogP contribution in [0.5, 0.6) is 5.88 Å². The Balaban J connectivity index is 0.762. The van der Waals surface area contributed by atoms with Gasteiger partial charge in [0.2, 0.25) is 23.6 Å². The summed E-state index contributed by atoms with van der Waals surface area (Å²) in [5.41, 5.74) is 10.2. The van der Waals surface area contributed by atoms with Gasteiger partial charge in [0, 0.05) is 76.9 Å². The minimum absolute atomic E-state index is 0.0447. The fraction of sp³-hybridized carbons (Fsp3) is 0.377. The third-order valence-corrected chi connectivity index (χ3v) is 16.4. The van der Waals surface area contributed by atoms with Crippen molar-refractivity contribution in [3.63, 3.8) is 0 Å². The van der Waals surface area contributed by atoms with E-state index in [-0.39, 0.29) is 61.2 Å². The topological polar surface area (TPSA) is 195 Å². The number of thiophene rings is 1. The first-order valence-corrected chi connectivity index (χ1v) is 26.3. The van der Waals surface area contributed by atoms with Crippen molar-refractivity contribution in [1.82, 2.24) is 50.0 Å². The second-order valence-corrected chi connectivity index (χ2v) is 21.9. The van der Waals surface area contributed by atoms with E-state index in [0.29, 0.717) is 29.6 Å². The summed E-state index contributed by atoms with van der Waals surface area (Å²) in [5.74, 6) is 0.851. The number of carbonyl (C=O) groups excluding carboxylic acids is 3. The number of nitrogens with zero attached hydrogens (tertiary/aromatic N) is 9. The average Bonchev–Trinajstić information content (AvgIpc) is 4.19. The highest BCUT2D eigenvalue weighted by molar-refractivity contribution is 7.15. The van der Waals surface area contributed by atoms with E-state index in [2.05, 4.69) is 49.7 Å². The summed E-state index contributed by atoms with van der Waals surface area (Å²) in [5, 5.41) is 32.3. The summed E-state index contributed by atoms with van der Waals surface area (Å²) < 4.78 is 10.00. The Morgan fingerprint density at radius 3 is 2.39 bits per heavy atom. The van der Waals surface area contributed by atoms with Gasteiger partial charge in [-0.3, -0.25) is 28.6 Å². The smallest absolute Gasteiger partial charge is 0.248 e. The number of halogens is 1. The standard InChI is InChI=1S/C53H56ClN11O5S2/c1-27(2)48(52(69)63-25-40(66)21-43(63)51(68)58-29(4)33-8-10-35(11-9-33)49-30(5)56-26-71-49)64-24-37(23-57-64)36-16-17-55-45(18-36)70-41-19-39(20-41)59-44(67)22-42-50-62-61-32(7)65(50)53-46(28(3)31(6)72-53)47(60-42)34-12-14-38(54)15-13-34/h8-18,23-24,26-27,29,39-43,48,66H,19-22,25H2,1-7H3,(H,58,68)(H,59,67)/t29-,39-,40+,41+,42-,43-,48?/m0/s1. The van der Waals surface area contributed by atoms with Gasteiger partial charge in [0.05, 0.1) is 46.6 Å². The number of carbonyl (C=O) groups is 3. The number of fused-ring (bicyclic) bond motifs is 3. The number of nitrogens with one attached hydrogen (secondary N) is 2. The minimum Gasteiger partial charge on any atom is -0.474 e. The lowest BCUT2D eigenvalue weighted by atomic mass is 9.89. The zero-order valence-electron chi connectivity index (χ0n) is 41.0. The van der Waals surface area contributed by atoms with Crippen molar-refractivity contribution in [2.24, 2.45) is 10.9 Å². The van der Waals surface area contributed by atoms with E-state index in [0.717, 1.165) is 66.1 Å². The Morgan fingerprint density at radius 1 is 0.917 bits per heavy atom. The molecule has 0 spiro atoms. The summed E-state index contributed by atoms with van der Waals surface area (Å²) in [6, 6.07) is 16.8. The van der Waals surface area contributed by atoms with Crippen LogP contribution in [-0.2, 0) is 14.4 Å². The van der Waals surface area contributed by atoms with Gasteiger partial charge in [0.15, 0.2) is 5.82 Å². The van der Waals surface area contributed by atoms with Crippen molar-refractivity contribution >= 4 is 57.7 Å². The van der Waals surface area contributed by atoms with Crippen LogP contribution < -0.4 is 15.4 Å². The fourth-order valence-corrected chi connectivity index (χ4v) is 12.1. The number of aromatic nitrogens is 7. The van der Waals surface area contributed by atoms with Crippen molar-refractivity contribution in [3.8, 4) is 32.4 Å². The number of aliphatic hydroxyl groups excluding tert-OH is 1. The zero-order chi connectivity index (χ0) is 50.5. The first-order valence-electron chi connectivity index (χ1n) is 24.2. The molecule has 2 fully saturated rings. The number of aryl methyl sites for hydroxylation is 3. The molecule has 0 bridgehead atoms. The van der Waals surface area contributed by atoms with Crippen molar-refractivity contribution in [2.45, 2.75) is 117 Å². The maximum absolute atomic E-state index is 14.4. The molecule has 10 rings (SSSR count). The van der Waals surface area contributed by atoms with E-state index in [1.807, 2.05) is 112 Å². The summed E-state index contributed by atoms with van der Waals surface area (Å²) in [6.45, 7) is 13.9. The third-order valence-electron chi connectivity index (χ3n) is 14.0. The van der Waals surface area contributed by atoms with E-state index < -0.39 is 24.2 Å². The number of thiazole rings is 1. The van der Waals surface area contributed by atoms with Gasteiger partial charge in [0.1, 0.15) is 35.1 Å². The van der Waals surface area contributed by atoms with Crippen molar-refractivity contribution in [3.05, 3.63) is 134 Å². The lowest BCUT2D eigenvalue weighted by molar-refractivity contribution is -0.142. The molecule has 5 aromatic heterocycles. The highest BCUT2D eigenvalue weighted by Crippen LogP contribution is 2.40. The normalized spacial score (nSPS) is 20.2. The number of likely N-dealkylation sites (tertiary alicyclic amines) is 1. The molecule has 16 nitrogen and oxygen atoms in total. The molecule has 3 amide bonds. The molecule has 2 aliphatic heterocycles. The van der Waals surface area contributed by atoms with Gasteiger partial charge in [0.25, 0.3) is 0 Å². The average molecular weight is 1030 g/mol. The van der Waals surface area contributed by atoms with Crippen LogP contribution in [0.1, 0.15) is 109 Å². The second-order valence-electron chi connectivity index (χ2n) is 19.4. The van der Waals surface area contributed by atoms with Crippen molar-refractivity contribution < 1.29 is 24.2 Å². The summed E-state index contributed by atoms with van der Waals surface area (Å²) in [4.78, 5) is 59.9. The van der Waals surface area contributed by atoms with E-state index >= 15 is 0 Å². The Labute approximate surface area is 430 Å². The highest BCUT2D eigenvalue weighted by Gasteiger charge is 2.43. The first-order chi connectivity index (χ1) is 34.6. The molecule has 72 heavy (non-hydrogen) atoms. The Hall–Kier alpha value is -6.60. The molecule has 1 unspecified atom stereocenters. The number of hydrogen-bond acceptors (Lipinski definition) is 13. The maximum Gasteiger partial charge on any atom is 0.248 e. The molecule has 7 heterocycles. The first kappa shape index (κ1) is 49.0. The van der Waals surface area contributed by atoms with Crippen LogP contribution in [0.3, 0.4) is 0 Å².